The Morgan fingerprint density at radius 3 is 2.55 bits per heavy atom. The summed E-state index contributed by atoms with van der Waals surface area (Å²) in [5.74, 6) is -0.889. The molecule has 150 valence electrons. The fraction of sp³-hybridized carbons (Fsp3) is 0.200. The van der Waals surface area contributed by atoms with Gasteiger partial charge in [-0.15, -0.1) is 0 Å². The second-order valence-corrected chi connectivity index (χ2v) is 7.07. The van der Waals surface area contributed by atoms with Crippen LogP contribution in [0.25, 0.3) is 6.08 Å². The van der Waals surface area contributed by atoms with Crippen LogP contribution in [0.5, 0.6) is 0 Å². The van der Waals surface area contributed by atoms with Gasteiger partial charge in [-0.3, -0.25) is 24.1 Å². The van der Waals surface area contributed by atoms with Crippen LogP contribution in [-0.2, 0) is 9.59 Å². The zero-order chi connectivity index (χ0) is 20.6. The van der Waals surface area contributed by atoms with E-state index in [1.165, 1.54) is 12.3 Å². The Kier molecular flexibility index (Phi) is 6.85. The van der Waals surface area contributed by atoms with Gasteiger partial charge in [-0.05, 0) is 35.5 Å². The van der Waals surface area contributed by atoms with E-state index >= 15 is 0 Å². The van der Waals surface area contributed by atoms with Crippen molar-refractivity contribution >= 4 is 40.8 Å². The van der Waals surface area contributed by atoms with Crippen molar-refractivity contribution in [2.45, 2.75) is 6.42 Å². The van der Waals surface area contributed by atoms with Crippen molar-refractivity contribution in [1.82, 2.24) is 15.5 Å². The molecule has 1 aliphatic heterocycles. The van der Waals surface area contributed by atoms with Crippen molar-refractivity contribution < 1.29 is 23.6 Å². The van der Waals surface area contributed by atoms with Gasteiger partial charge in [0, 0.05) is 26.1 Å². The fourth-order valence-corrected chi connectivity index (χ4v) is 3.44. The van der Waals surface area contributed by atoms with Crippen molar-refractivity contribution in [2.75, 3.05) is 19.6 Å². The first-order valence-corrected chi connectivity index (χ1v) is 9.75. The van der Waals surface area contributed by atoms with E-state index < -0.39 is 5.91 Å². The Balaban J connectivity index is 1.40. The predicted molar refractivity (Wildman–Crippen MR) is 108 cm³/mol. The molecular formula is C20H19N3O5S. The molecule has 1 aliphatic rings. The number of hydrogen-bond donors (Lipinski definition) is 2. The smallest absolute Gasteiger partial charge is 0.293 e. The lowest BCUT2D eigenvalue weighted by molar-refractivity contribution is -0.124. The lowest BCUT2D eigenvalue weighted by Crippen LogP contribution is -2.38. The maximum atomic E-state index is 12.4. The van der Waals surface area contributed by atoms with Gasteiger partial charge < -0.3 is 15.1 Å². The molecule has 1 aromatic carbocycles. The molecule has 29 heavy (non-hydrogen) atoms. The highest BCUT2D eigenvalue weighted by molar-refractivity contribution is 8.18. The SMILES string of the molecule is O=C(CCNC(=O)c1ccco1)NCCN1C(=O)SC(=Cc2ccccc2)C1=O. The number of thioether (sulfide) groups is 1. The van der Waals surface area contributed by atoms with Gasteiger partial charge in [-0.25, -0.2) is 0 Å². The van der Waals surface area contributed by atoms with E-state index in [9.17, 15) is 19.2 Å². The quantitative estimate of drug-likeness (QED) is 0.643. The Labute approximate surface area is 171 Å². The van der Waals surface area contributed by atoms with E-state index in [2.05, 4.69) is 10.6 Å². The maximum absolute atomic E-state index is 12.4. The van der Waals surface area contributed by atoms with Crippen LogP contribution in [0.15, 0.2) is 58.1 Å². The molecule has 0 bridgehead atoms. The molecule has 0 unspecified atom stereocenters. The summed E-state index contributed by atoms with van der Waals surface area (Å²) in [6, 6.07) is 12.4. The number of nitrogens with one attached hydrogen (secondary N) is 2. The predicted octanol–water partition coefficient (Wildman–Crippen LogP) is 2.25. The van der Waals surface area contributed by atoms with Crippen LogP contribution >= 0.6 is 11.8 Å². The van der Waals surface area contributed by atoms with Gasteiger partial charge in [0.05, 0.1) is 11.2 Å². The van der Waals surface area contributed by atoms with Gasteiger partial charge in [0.2, 0.25) is 5.91 Å². The Bertz CT molecular complexity index is 925. The Morgan fingerprint density at radius 2 is 1.83 bits per heavy atom. The van der Waals surface area contributed by atoms with E-state index in [1.54, 1.807) is 12.1 Å². The van der Waals surface area contributed by atoms with Crippen molar-refractivity contribution in [3.63, 3.8) is 0 Å². The van der Waals surface area contributed by atoms with Crippen LogP contribution < -0.4 is 10.6 Å². The van der Waals surface area contributed by atoms with Gasteiger partial charge in [-0.2, -0.15) is 0 Å². The van der Waals surface area contributed by atoms with Gasteiger partial charge in [-0.1, -0.05) is 30.3 Å². The van der Waals surface area contributed by atoms with E-state index in [0.717, 1.165) is 22.2 Å². The van der Waals surface area contributed by atoms with E-state index in [0.29, 0.717) is 4.91 Å². The molecule has 0 saturated carbocycles. The number of carbonyl (C=O) groups excluding carboxylic acids is 4. The van der Waals surface area contributed by atoms with Gasteiger partial charge in [0.1, 0.15) is 0 Å². The lowest BCUT2D eigenvalue weighted by atomic mass is 10.2. The third-order valence-corrected chi connectivity index (χ3v) is 4.92. The molecule has 4 amide bonds. The molecule has 9 heteroatoms. The summed E-state index contributed by atoms with van der Waals surface area (Å²) < 4.78 is 4.95. The molecule has 2 N–H and O–H groups in total. The molecule has 3 rings (SSSR count). The Hall–Kier alpha value is -3.33. The minimum atomic E-state index is -0.397. The zero-order valence-electron chi connectivity index (χ0n) is 15.4. The minimum absolute atomic E-state index is 0.0717. The molecule has 0 spiro atoms. The maximum Gasteiger partial charge on any atom is 0.293 e. The molecule has 8 nitrogen and oxygen atoms in total. The standard InChI is InChI=1S/C20H19N3O5S/c24-17(8-9-22-18(25)15-7-4-12-28-15)21-10-11-23-19(26)16(29-20(23)27)13-14-5-2-1-3-6-14/h1-7,12-13H,8-11H2,(H,21,24)(H,22,25). The van der Waals surface area contributed by atoms with Crippen LogP contribution in [0.4, 0.5) is 4.79 Å². The lowest BCUT2D eigenvalue weighted by Gasteiger charge is -2.13. The first kappa shape index (κ1) is 20.4. The molecule has 0 aliphatic carbocycles. The third-order valence-electron chi connectivity index (χ3n) is 4.01. The van der Waals surface area contributed by atoms with E-state index in [1.807, 2.05) is 30.3 Å². The van der Waals surface area contributed by atoms with Gasteiger partial charge in [0.15, 0.2) is 5.76 Å². The molecule has 0 radical (unpaired) electrons. The van der Waals surface area contributed by atoms with Crippen LogP contribution in [0, 0.1) is 0 Å². The summed E-state index contributed by atoms with van der Waals surface area (Å²) in [7, 11) is 0. The van der Waals surface area contributed by atoms with Crippen LogP contribution in [-0.4, -0.2) is 47.5 Å². The number of carbonyl (C=O) groups is 4. The van der Waals surface area contributed by atoms with Crippen molar-refractivity contribution in [3.8, 4) is 0 Å². The number of nitrogens with zero attached hydrogens (tertiary/aromatic N) is 1. The second kappa shape index (κ2) is 9.74. The van der Waals surface area contributed by atoms with Crippen molar-refractivity contribution in [1.29, 1.82) is 0 Å². The minimum Gasteiger partial charge on any atom is -0.459 e. The van der Waals surface area contributed by atoms with Crippen LogP contribution in [0.3, 0.4) is 0 Å². The summed E-state index contributed by atoms with van der Waals surface area (Å²) in [5, 5.41) is 4.84. The molecule has 2 heterocycles. The second-order valence-electron chi connectivity index (χ2n) is 6.08. The summed E-state index contributed by atoms with van der Waals surface area (Å²) in [6.07, 6.45) is 3.13. The topological polar surface area (TPSA) is 109 Å². The van der Waals surface area contributed by atoms with Gasteiger partial charge >= 0.3 is 0 Å². The largest absolute Gasteiger partial charge is 0.459 e. The zero-order valence-corrected chi connectivity index (χ0v) is 16.2. The highest BCUT2D eigenvalue weighted by Gasteiger charge is 2.34. The summed E-state index contributed by atoms with van der Waals surface area (Å²) >= 11 is 0.881. The highest BCUT2D eigenvalue weighted by atomic mass is 32.2. The molecule has 1 fully saturated rings. The summed E-state index contributed by atoms with van der Waals surface area (Å²) in [6.45, 7) is 0.371. The van der Waals surface area contributed by atoms with Crippen molar-refractivity contribution in [3.05, 3.63) is 65.0 Å². The Morgan fingerprint density at radius 1 is 1.03 bits per heavy atom. The number of benzene rings is 1. The van der Waals surface area contributed by atoms with E-state index in [-0.39, 0.29) is 48.9 Å². The van der Waals surface area contributed by atoms with E-state index in [4.69, 9.17) is 4.42 Å². The molecule has 0 atom stereocenters. The number of imide groups is 1. The normalized spacial score (nSPS) is 15.0. The van der Waals surface area contributed by atoms with Crippen molar-refractivity contribution in [2.24, 2.45) is 0 Å². The van der Waals surface area contributed by atoms with Crippen LogP contribution in [0.2, 0.25) is 0 Å². The molecule has 1 saturated heterocycles. The first-order valence-electron chi connectivity index (χ1n) is 8.93. The number of amides is 4. The molecular weight excluding hydrogens is 394 g/mol. The molecule has 2 aromatic rings. The highest BCUT2D eigenvalue weighted by Crippen LogP contribution is 2.31. The fourth-order valence-electron chi connectivity index (χ4n) is 2.57. The number of hydrogen-bond acceptors (Lipinski definition) is 6. The average molecular weight is 413 g/mol. The summed E-state index contributed by atoms with van der Waals surface area (Å²) in [5.41, 5.74) is 0.836. The first-order chi connectivity index (χ1) is 14.0. The number of rotatable bonds is 8. The third kappa shape index (κ3) is 5.58. The van der Waals surface area contributed by atoms with Crippen LogP contribution in [0.1, 0.15) is 22.5 Å². The number of furan rings is 1. The monoisotopic (exact) mass is 413 g/mol. The molecule has 1 aromatic heterocycles. The van der Waals surface area contributed by atoms with Gasteiger partial charge in [0.25, 0.3) is 17.1 Å². The average Bonchev–Trinajstić information content (AvgIpc) is 3.33. The summed E-state index contributed by atoms with van der Waals surface area (Å²) in [4.78, 5) is 49.5.